The van der Waals surface area contributed by atoms with Crippen LogP contribution in [-0.4, -0.2) is 61.7 Å². The lowest BCUT2D eigenvalue weighted by Gasteiger charge is -2.29. The second-order valence-corrected chi connectivity index (χ2v) is 5.54. The van der Waals surface area contributed by atoms with Crippen molar-refractivity contribution in [3.63, 3.8) is 0 Å². The molecule has 1 aliphatic heterocycles. The highest BCUT2D eigenvalue weighted by atomic mass is 32.2. The average molecular weight is 260 g/mol. The minimum Gasteiger partial charge on any atom is -0.378 e. The summed E-state index contributed by atoms with van der Waals surface area (Å²) < 4.78 is 5.24. The van der Waals surface area contributed by atoms with Crippen LogP contribution >= 0.6 is 11.8 Å². The first kappa shape index (κ1) is 14.8. The van der Waals surface area contributed by atoms with E-state index in [1.54, 1.807) is 0 Å². The van der Waals surface area contributed by atoms with Gasteiger partial charge in [0.05, 0.1) is 19.3 Å². The molecule has 17 heavy (non-hydrogen) atoms. The lowest BCUT2D eigenvalue weighted by molar-refractivity contribution is -0.137. The van der Waals surface area contributed by atoms with Crippen LogP contribution in [0.5, 0.6) is 0 Å². The Morgan fingerprint density at radius 1 is 1.41 bits per heavy atom. The highest BCUT2D eigenvalue weighted by Crippen LogP contribution is 2.04. The van der Waals surface area contributed by atoms with Crippen molar-refractivity contribution in [3.8, 4) is 0 Å². The number of hydrogen-bond donors (Lipinski definition) is 1. The van der Waals surface area contributed by atoms with Gasteiger partial charge in [-0.1, -0.05) is 6.92 Å². The molecule has 1 aliphatic rings. The van der Waals surface area contributed by atoms with Crippen LogP contribution in [0, 0.1) is 5.92 Å². The first-order chi connectivity index (χ1) is 8.15. The van der Waals surface area contributed by atoms with Crippen LogP contribution in [-0.2, 0) is 9.53 Å². The number of hydrogen-bond acceptors (Lipinski definition) is 4. The van der Waals surface area contributed by atoms with Gasteiger partial charge >= 0.3 is 0 Å². The van der Waals surface area contributed by atoms with Crippen LogP contribution in [0.15, 0.2) is 0 Å². The van der Waals surface area contributed by atoms with Crippen LogP contribution in [0.3, 0.4) is 0 Å². The van der Waals surface area contributed by atoms with Gasteiger partial charge in [0, 0.05) is 13.1 Å². The van der Waals surface area contributed by atoms with Gasteiger partial charge in [-0.3, -0.25) is 4.79 Å². The zero-order chi connectivity index (χ0) is 12.7. The maximum atomic E-state index is 12.1. The maximum absolute atomic E-state index is 12.1. The van der Waals surface area contributed by atoms with Gasteiger partial charge < -0.3 is 15.0 Å². The van der Waals surface area contributed by atoms with E-state index in [2.05, 4.69) is 18.5 Å². The molecule has 0 aliphatic carbocycles. The quantitative estimate of drug-likeness (QED) is 0.768. The molecule has 0 aromatic heterocycles. The third kappa shape index (κ3) is 5.27. The van der Waals surface area contributed by atoms with Gasteiger partial charge in [-0.2, -0.15) is 11.8 Å². The number of amides is 1. The van der Waals surface area contributed by atoms with Crippen LogP contribution in [0.1, 0.15) is 13.8 Å². The number of morpholine rings is 1. The Kier molecular flexibility index (Phi) is 6.92. The van der Waals surface area contributed by atoms with Crippen molar-refractivity contribution in [2.45, 2.75) is 19.9 Å². The number of nitrogens with one attached hydrogen (secondary N) is 1. The summed E-state index contributed by atoms with van der Waals surface area (Å²) in [7, 11) is 0. The van der Waals surface area contributed by atoms with Crippen molar-refractivity contribution >= 4 is 17.7 Å². The predicted octanol–water partition coefficient (Wildman–Crippen LogP) is 0.822. The number of ether oxygens (including phenoxy) is 1. The Morgan fingerprint density at radius 2 is 2.06 bits per heavy atom. The molecule has 1 N–H and O–H groups in total. The highest BCUT2D eigenvalue weighted by Gasteiger charge is 2.22. The number of carbonyl (C=O) groups excluding carboxylic acids is 1. The largest absolute Gasteiger partial charge is 0.378 e. The lowest BCUT2D eigenvalue weighted by atomic mass is 10.2. The summed E-state index contributed by atoms with van der Waals surface area (Å²) in [5.41, 5.74) is 0. The van der Waals surface area contributed by atoms with Gasteiger partial charge in [-0.05, 0) is 31.4 Å². The van der Waals surface area contributed by atoms with Crippen LogP contribution in [0.25, 0.3) is 0 Å². The van der Waals surface area contributed by atoms with Gasteiger partial charge in [0.25, 0.3) is 0 Å². The molecule has 1 heterocycles. The Labute approximate surface area is 108 Å². The molecule has 100 valence electrons. The minimum absolute atomic E-state index is 0.0857. The van der Waals surface area contributed by atoms with Crippen molar-refractivity contribution in [2.75, 3.05) is 44.9 Å². The summed E-state index contributed by atoms with van der Waals surface area (Å²) >= 11 is 1.85. The molecule has 0 spiro atoms. The second kappa shape index (κ2) is 7.95. The van der Waals surface area contributed by atoms with E-state index in [0.29, 0.717) is 19.1 Å². The number of nitrogens with zero attached hydrogens (tertiary/aromatic N) is 1. The van der Waals surface area contributed by atoms with Gasteiger partial charge in [-0.25, -0.2) is 0 Å². The summed E-state index contributed by atoms with van der Waals surface area (Å²) in [5.74, 6) is 1.93. The normalized spacial score (nSPS) is 20.1. The summed E-state index contributed by atoms with van der Waals surface area (Å²) in [6, 6.07) is -0.0857. The van der Waals surface area contributed by atoms with E-state index < -0.39 is 0 Å². The van der Waals surface area contributed by atoms with Gasteiger partial charge in [0.2, 0.25) is 5.91 Å². The monoisotopic (exact) mass is 260 g/mol. The van der Waals surface area contributed by atoms with E-state index in [4.69, 9.17) is 4.74 Å². The fraction of sp³-hybridized carbons (Fsp3) is 0.917. The van der Waals surface area contributed by atoms with Crippen molar-refractivity contribution in [1.82, 2.24) is 10.2 Å². The van der Waals surface area contributed by atoms with E-state index in [-0.39, 0.29) is 11.9 Å². The summed E-state index contributed by atoms with van der Waals surface area (Å²) in [6.07, 6.45) is 2.11. The summed E-state index contributed by atoms with van der Waals surface area (Å²) in [4.78, 5) is 14.0. The van der Waals surface area contributed by atoms with Gasteiger partial charge in [-0.15, -0.1) is 0 Å². The molecule has 4 nitrogen and oxygen atoms in total. The average Bonchev–Trinajstić information content (AvgIpc) is 2.36. The zero-order valence-electron chi connectivity index (χ0n) is 11.1. The standard InChI is InChI=1S/C12H24N2O2S/c1-10(9-17-3)8-13-11(2)12(15)14-4-6-16-7-5-14/h10-11,13H,4-9H2,1-3H3. The molecule has 2 atom stereocenters. The van der Waals surface area contributed by atoms with Crippen molar-refractivity contribution in [2.24, 2.45) is 5.92 Å². The van der Waals surface area contributed by atoms with Gasteiger partial charge in [0.15, 0.2) is 0 Å². The van der Waals surface area contributed by atoms with Gasteiger partial charge in [0.1, 0.15) is 0 Å². The molecule has 5 heteroatoms. The Hall–Kier alpha value is -0.260. The molecule has 1 rings (SSSR count). The molecule has 0 aromatic carbocycles. The number of thioether (sulfide) groups is 1. The molecule has 0 saturated carbocycles. The number of carbonyl (C=O) groups is 1. The summed E-state index contributed by atoms with van der Waals surface area (Å²) in [5, 5.41) is 3.32. The fourth-order valence-electron chi connectivity index (χ4n) is 1.87. The third-order valence-electron chi connectivity index (χ3n) is 2.92. The van der Waals surface area contributed by atoms with E-state index >= 15 is 0 Å². The second-order valence-electron chi connectivity index (χ2n) is 4.63. The Morgan fingerprint density at radius 3 is 2.65 bits per heavy atom. The van der Waals surface area contributed by atoms with Crippen LogP contribution < -0.4 is 5.32 Å². The van der Waals surface area contributed by atoms with Crippen molar-refractivity contribution in [3.05, 3.63) is 0 Å². The van der Waals surface area contributed by atoms with Crippen LogP contribution in [0.2, 0.25) is 0 Å². The molecule has 1 saturated heterocycles. The molecule has 1 amide bonds. The Bertz CT molecular complexity index is 233. The molecule has 0 bridgehead atoms. The SMILES string of the molecule is CSCC(C)CNC(C)C(=O)N1CCOCC1. The lowest BCUT2D eigenvalue weighted by Crippen LogP contribution is -2.49. The van der Waals surface area contributed by atoms with E-state index in [9.17, 15) is 4.79 Å². The molecular weight excluding hydrogens is 236 g/mol. The molecular formula is C12H24N2O2S. The smallest absolute Gasteiger partial charge is 0.239 e. The first-order valence-electron chi connectivity index (χ1n) is 6.24. The number of rotatable bonds is 6. The minimum atomic E-state index is -0.0857. The zero-order valence-corrected chi connectivity index (χ0v) is 11.9. The Balaban J connectivity index is 2.25. The molecule has 0 aromatic rings. The molecule has 1 fully saturated rings. The van der Waals surface area contributed by atoms with Crippen molar-refractivity contribution in [1.29, 1.82) is 0 Å². The highest BCUT2D eigenvalue weighted by molar-refractivity contribution is 7.98. The van der Waals surface area contributed by atoms with E-state index in [1.165, 1.54) is 0 Å². The molecule has 2 unspecified atom stereocenters. The van der Waals surface area contributed by atoms with E-state index in [0.717, 1.165) is 25.4 Å². The predicted molar refractivity (Wildman–Crippen MR) is 72.4 cm³/mol. The molecule has 0 radical (unpaired) electrons. The topological polar surface area (TPSA) is 41.6 Å². The third-order valence-corrected chi connectivity index (χ3v) is 3.82. The maximum Gasteiger partial charge on any atom is 0.239 e. The fourth-order valence-corrected chi connectivity index (χ4v) is 2.55. The van der Waals surface area contributed by atoms with Crippen LogP contribution in [0.4, 0.5) is 0 Å². The summed E-state index contributed by atoms with van der Waals surface area (Å²) in [6.45, 7) is 7.84. The van der Waals surface area contributed by atoms with Crippen molar-refractivity contribution < 1.29 is 9.53 Å². The first-order valence-corrected chi connectivity index (χ1v) is 7.63. The van der Waals surface area contributed by atoms with E-state index in [1.807, 2.05) is 23.6 Å².